The first kappa shape index (κ1) is 18.4. The van der Waals surface area contributed by atoms with Crippen LogP contribution in [0.2, 0.25) is 5.02 Å². The van der Waals surface area contributed by atoms with E-state index in [4.69, 9.17) is 20.9 Å². The van der Waals surface area contributed by atoms with Crippen molar-refractivity contribution in [3.8, 4) is 5.75 Å². The van der Waals surface area contributed by atoms with Gasteiger partial charge in [-0.15, -0.1) is 0 Å². The van der Waals surface area contributed by atoms with Crippen molar-refractivity contribution >= 4 is 28.9 Å². The topological polar surface area (TPSA) is 125 Å². The summed E-state index contributed by atoms with van der Waals surface area (Å²) in [6, 6.07) is 5.40. The second-order valence-electron chi connectivity index (χ2n) is 5.54. The molecule has 27 heavy (non-hydrogen) atoms. The highest BCUT2D eigenvalue weighted by atomic mass is 35.5. The van der Waals surface area contributed by atoms with Gasteiger partial charge in [0.2, 0.25) is 0 Å². The highest BCUT2D eigenvalue weighted by molar-refractivity contribution is 6.32. The average Bonchev–Trinajstić information content (AvgIpc) is 3.22. The SMILES string of the molecule is Cc1noc(C)c1NC(=O)c1ccn(COc2ccc([N+](=O)[O-])cc2Cl)n1. The van der Waals surface area contributed by atoms with E-state index in [0.29, 0.717) is 17.1 Å². The standard InChI is InChI=1S/C16H14ClN5O5/c1-9-15(10(2)27-20-9)18-16(23)13-5-6-21(19-13)8-26-14-4-3-11(22(24)25)7-12(14)17/h3-7H,8H2,1-2H3,(H,18,23). The maximum Gasteiger partial charge on any atom is 0.276 e. The van der Waals surface area contributed by atoms with Crippen LogP contribution in [0.3, 0.4) is 0 Å². The molecule has 0 atom stereocenters. The van der Waals surface area contributed by atoms with Crippen molar-refractivity contribution in [1.29, 1.82) is 0 Å². The maximum atomic E-state index is 12.3. The molecular weight excluding hydrogens is 378 g/mol. The van der Waals surface area contributed by atoms with Gasteiger partial charge in [0.1, 0.15) is 17.1 Å². The molecule has 1 N–H and O–H groups in total. The van der Waals surface area contributed by atoms with Crippen molar-refractivity contribution in [3.63, 3.8) is 0 Å². The van der Waals surface area contributed by atoms with Gasteiger partial charge in [0.25, 0.3) is 11.6 Å². The molecule has 140 valence electrons. The lowest BCUT2D eigenvalue weighted by Gasteiger charge is -2.07. The maximum absolute atomic E-state index is 12.3. The molecule has 1 aromatic carbocycles. The van der Waals surface area contributed by atoms with E-state index >= 15 is 0 Å². The fourth-order valence-electron chi connectivity index (χ4n) is 2.25. The van der Waals surface area contributed by atoms with Crippen molar-refractivity contribution in [2.24, 2.45) is 0 Å². The number of halogens is 1. The average molecular weight is 392 g/mol. The normalized spacial score (nSPS) is 10.6. The van der Waals surface area contributed by atoms with Crippen molar-refractivity contribution < 1.29 is 19.0 Å². The number of nitro benzene ring substituents is 1. The van der Waals surface area contributed by atoms with Crippen molar-refractivity contribution in [2.75, 3.05) is 5.32 Å². The lowest BCUT2D eigenvalue weighted by Crippen LogP contribution is -2.15. The van der Waals surface area contributed by atoms with E-state index in [9.17, 15) is 14.9 Å². The molecule has 0 fully saturated rings. The molecule has 0 radical (unpaired) electrons. The Kier molecular flexibility index (Phi) is 5.08. The number of amides is 1. The molecule has 0 aliphatic heterocycles. The number of non-ortho nitro benzene ring substituents is 1. The van der Waals surface area contributed by atoms with Gasteiger partial charge in [-0.2, -0.15) is 5.10 Å². The van der Waals surface area contributed by atoms with Gasteiger partial charge in [0.05, 0.1) is 9.95 Å². The summed E-state index contributed by atoms with van der Waals surface area (Å²) in [5.41, 5.74) is 1.11. The lowest BCUT2D eigenvalue weighted by molar-refractivity contribution is -0.384. The summed E-state index contributed by atoms with van der Waals surface area (Å²) in [5.74, 6) is 0.340. The quantitative estimate of drug-likeness (QED) is 0.504. The van der Waals surface area contributed by atoms with Gasteiger partial charge in [-0.25, -0.2) is 4.68 Å². The van der Waals surface area contributed by atoms with Crippen LogP contribution in [0.15, 0.2) is 35.0 Å². The van der Waals surface area contributed by atoms with E-state index in [2.05, 4.69) is 15.6 Å². The molecule has 2 heterocycles. The summed E-state index contributed by atoms with van der Waals surface area (Å²) in [6.07, 6.45) is 1.56. The summed E-state index contributed by atoms with van der Waals surface area (Å²) in [6.45, 7) is 3.37. The van der Waals surface area contributed by atoms with Crippen LogP contribution < -0.4 is 10.1 Å². The number of ether oxygens (including phenoxy) is 1. The number of carbonyl (C=O) groups is 1. The Balaban J connectivity index is 1.64. The van der Waals surface area contributed by atoms with Gasteiger partial charge in [-0.05, 0) is 26.0 Å². The summed E-state index contributed by atoms with van der Waals surface area (Å²) in [4.78, 5) is 22.4. The third kappa shape index (κ3) is 4.06. The highest BCUT2D eigenvalue weighted by Crippen LogP contribution is 2.28. The molecule has 0 aliphatic carbocycles. The minimum absolute atomic E-state index is 0.0316. The summed E-state index contributed by atoms with van der Waals surface area (Å²) >= 11 is 5.97. The third-order valence-corrected chi connectivity index (χ3v) is 3.92. The van der Waals surface area contributed by atoms with E-state index in [-0.39, 0.29) is 28.9 Å². The number of hydrogen-bond donors (Lipinski definition) is 1. The minimum Gasteiger partial charge on any atom is -0.470 e. The van der Waals surface area contributed by atoms with E-state index < -0.39 is 10.8 Å². The Hall–Kier alpha value is -3.40. The molecule has 0 spiro atoms. The first-order valence-corrected chi connectivity index (χ1v) is 8.07. The second kappa shape index (κ2) is 7.46. The van der Waals surface area contributed by atoms with Crippen LogP contribution in [0.5, 0.6) is 5.75 Å². The zero-order valence-corrected chi connectivity index (χ0v) is 15.1. The Morgan fingerprint density at radius 2 is 2.19 bits per heavy atom. The number of nitro groups is 1. The van der Waals surface area contributed by atoms with Crippen LogP contribution in [-0.4, -0.2) is 25.8 Å². The molecular formula is C16H14ClN5O5. The van der Waals surface area contributed by atoms with E-state index in [0.717, 1.165) is 0 Å². The van der Waals surface area contributed by atoms with Crippen LogP contribution in [0.4, 0.5) is 11.4 Å². The van der Waals surface area contributed by atoms with Gasteiger partial charge in [-0.3, -0.25) is 14.9 Å². The number of benzene rings is 1. The van der Waals surface area contributed by atoms with E-state index in [1.165, 1.54) is 28.9 Å². The van der Waals surface area contributed by atoms with Crippen LogP contribution in [0.1, 0.15) is 21.9 Å². The summed E-state index contributed by atoms with van der Waals surface area (Å²) < 4.78 is 11.9. The molecule has 0 unspecified atom stereocenters. The van der Waals surface area contributed by atoms with Crippen LogP contribution in [0.25, 0.3) is 0 Å². The lowest BCUT2D eigenvalue weighted by atomic mass is 10.3. The van der Waals surface area contributed by atoms with E-state index in [1.807, 2.05) is 0 Å². The number of nitrogens with zero attached hydrogens (tertiary/aromatic N) is 4. The molecule has 0 saturated carbocycles. The number of nitrogens with one attached hydrogen (secondary N) is 1. The van der Waals surface area contributed by atoms with Crippen molar-refractivity contribution in [2.45, 2.75) is 20.6 Å². The van der Waals surface area contributed by atoms with Gasteiger partial charge in [-0.1, -0.05) is 16.8 Å². The number of hydrogen-bond acceptors (Lipinski definition) is 7. The Morgan fingerprint density at radius 3 is 2.81 bits per heavy atom. The van der Waals surface area contributed by atoms with Crippen LogP contribution in [0, 0.1) is 24.0 Å². The summed E-state index contributed by atoms with van der Waals surface area (Å²) in [5, 5.41) is 21.4. The zero-order valence-electron chi connectivity index (χ0n) is 14.3. The zero-order chi connectivity index (χ0) is 19.6. The van der Waals surface area contributed by atoms with Gasteiger partial charge in [0.15, 0.2) is 18.2 Å². The Morgan fingerprint density at radius 1 is 1.41 bits per heavy atom. The monoisotopic (exact) mass is 391 g/mol. The van der Waals surface area contributed by atoms with Gasteiger partial charge >= 0.3 is 0 Å². The minimum atomic E-state index is -0.549. The number of anilines is 1. The second-order valence-corrected chi connectivity index (χ2v) is 5.95. The van der Waals surface area contributed by atoms with Crippen molar-refractivity contribution in [1.82, 2.24) is 14.9 Å². The first-order valence-electron chi connectivity index (χ1n) is 7.69. The molecule has 3 aromatic rings. The molecule has 0 saturated heterocycles. The highest BCUT2D eigenvalue weighted by Gasteiger charge is 2.16. The molecule has 11 heteroatoms. The predicted octanol–water partition coefficient (Wildman–Crippen LogP) is 3.34. The van der Waals surface area contributed by atoms with Crippen molar-refractivity contribution in [3.05, 3.63) is 62.7 Å². The summed E-state index contributed by atoms with van der Waals surface area (Å²) in [7, 11) is 0. The first-order chi connectivity index (χ1) is 12.8. The van der Waals surface area contributed by atoms with Gasteiger partial charge in [0, 0.05) is 18.3 Å². The molecule has 0 bridgehead atoms. The smallest absolute Gasteiger partial charge is 0.276 e. The number of carbonyl (C=O) groups excluding carboxylic acids is 1. The van der Waals surface area contributed by atoms with E-state index in [1.54, 1.807) is 20.0 Å². The predicted molar refractivity (Wildman–Crippen MR) is 94.9 cm³/mol. The number of aryl methyl sites for hydroxylation is 2. The Labute approximate surface area is 157 Å². The third-order valence-electron chi connectivity index (χ3n) is 3.62. The number of rotatable bonds is 6. The van der Waals surface area contributed by atoms with Gasteiger partial charge < -0.3 is 14.6 Å². The fraction of sp³-hybridized carbons (Fsp3) is 0.188. The molecule has 10 nitrogen and oxygen atoms in total. The number of aromatic nitrogens is 3. The fourth-order valence-corrected chi connectivity index (χ4v) is 2.48. The molecule has 0 aliphatic rings. The van der Waals surface area contributed by atoms with Crippen LogP contribution in [-0.2, 0) is 6.73 Å². The largest absolute Gasteiger partial charge is 0.470 e. The van der Waals surface area contributed by atoms with Crippen LogP contribution >= 0.6 is 11.6 Å². The molecule has 3 rings (SSSR count). The molecule has 1 amide bonds. The Bertz CT molecular complexity index is 993. The molecule has 2 aromatic heterocycles.